The Morgan fingerprint density at radius 1 is 1.50 bits per heavy atom. The van der Waals surface area contributed by atoms with E-state index in [-0.39, 0.29) is 23.8 Å². The lowest BCUT2D eigenvalue weighted by atomic mass is 10.2. The molecule has 2 fully saturated rings. The highest BCUT2D eigenvalue weighted by Crippen LogP contribution is 2.30. The van der Waals surface area contributed by atoms with Gasteiger partial charge in [0.1, 0.15) is 11.9 Å². The quantitative estimate of drug-likeness (QED) is 0.803. The first kappa shape index (κ1) is 9.66. The van der Waals surface area contributed by atoms with Gasteiger partial charge < -0.3 is 14.7 Å². The zero-order valence-electron chi connectivity index (χ0n) is 8.80. The zero-order valence-corrected chi connectivity index (χ0v) is 8.80. The first-order valence-electron chi connectivity index (χ1n) is 5.44. The number of likely N-dealkylation sites (tertiary alicyclic amines) is 1. The van der Waals surface area contributed by atoms with Crippen LogP contribution >= 0.6 is 0 Å². The molecule has 16 heavy (non-hydrogen) atoms. The van der Waals surface area contributed by atoms with Crippen LogP contribution in [0.3, 0.4) is 0 Å². The third-order valence-corrected chi connectivity index (χ3v) is 3.24. The van der Waals surface area contributed by atoms with Crippen molar-refractivity contribution in [2.24, 2.45) is 0 Å². The fraction of sp³-hybridized carbons (Fsp3) is 0.417. The van der Waals surface area contributed by atoms with Gasteiger partial charge in [0.25, 0.3) is 5.91 Å². The van der Waals surface area contributed by atoms with Crippen molar-refractivity contribution in [3.05, 3.63) is 29.8 Å². The second-order valence-electron chi connectivity index (χ2n) is 4.35. The number of carbonyl (C=O) groups is 1. The Labute approximate surface area is 93.4 Å². The number of aromatic hydroxyl groups is 1. The molecule has 0 aliphatic carbocycles. The maximum absolute atomic E-state index is 11.8. The Morgan fingerprint density at radius 3 is 3.06 bits per heavy atom. The van der Waals surface area contributed by atoms with E-state index >= 15 is 0 Å². The summed E-state index contributed by atoms with van der Waals surface area (Å²) in [5.41, 5.74) is 0.959. The van der Waals surface area contributed by atoms with Gasteiger partial charge in [0.15, 0.2) is 0 Å². The highest BCUT2D eigenvalue weighted by molar-refractivity contribution is 5.84. The molecule has 1 amide bonds. The molecule has 2 aliphatic rings. The number of rotatable bonds is 2. The Kier molecular flexibility index (Phi) is 2.11. The maximum Gasteiger partial charge on any atom is 0.252 e. The number of ether oxygens (including phenoxy) is 1. The Bertz CT molecular complexity index is 432. The summed E-state index contributed by atoms with van der Waals surface area (Å²) in [6.07, 6.45) is 0.597. The lowest BCUT2D eigenvalue weighted by Gasteiger charge is -2.26. The summed E-state index contributed by atoms with van der Waals surface area (Å²) in [4.78, 5) is 13.6. The second-order valence-corrected chi connectivity index (χ2v) is 4.35. The van der Waals surface area contributed by atoms with E-state index in [2.05, 4.69) is 0 Å². The van der Waals surface area contributed by atoms with Crippen molar-refractivity contribution in [1.82, 2.24) is 4.90 Å². The summed E-state index contributed by atoms with van der Waals surface area (Å²) >= 11 is 0. The average Bonchev–Trinajstić information content (AvgIpc) is 2.82. The van der Waals surface area contributed by atoms with E-state index in [1.807, 2.05) is 11.0 Å². The first-order chi connectivity index (χ1) is 7.74. The molecule has 2 heterocycles. The number of carbonyl (C=O) groups excluding carboxylic acids is 1. The topological polar surface area (TPSA) is 49.8 Å². The number of hydrogen-bond donors (Lipinski definition) is 1. The smallest absolute Gasteiger partial charge is 0.252 e. The predicted octanol–water partition coefficient (Wildman–Crippen LogP) is 0.892. The molecule has 0 aromatic heterocycles. The van der Waals surface area contributed by atoms with E-state index in [0.717, 1.165) is 12.0 Å². The molecule has 2 atom stereocenters. The van der Waals surface area contributed by atoms with Crippen LogP contribution in [-0.2, 0) is 16.1 Å². The van der Waals surface area contributed by atoms with Crippen LogP contribution in [0, 0.1) is 0 Å². The van der Waals surface area contributed by atoms with Crippen LogP contribution in [0.5, 0.6) is 5.75 Å². The fourth-order valence-corrected chi connectivity index (χ4v) is 2.42. The summed E-state index contributed by atoms with van der Waals surface area (Å²) in [7, 11) is 0. The van der Waals surface area contributed by atoms with Crippen LogP contribution in [0.2, 0.25) is 0 Å². The van der Waals surface area contributed by atoms with Gasteiger partial charge in [-0.05, 0) is 17.7 Å². The van der Waals surface area contributed by atoms with Crippen LogP contribution in [0.25, 0.3) is 0 Å². The van der Waals surface area contributed by atoms with Crippen molar-refractivity contribution in [3.63, 3.8) is 0 Å². The van der Waals surface area contributed by atoms with Crippen molar-refractivity contribution in [2.75, 3.05) is 6.61 Å². The van der Waals surface area contributed by atoms with Crippen molar-refractivity contribution < 1.29 is 14.6 Å². The normalized spacial score (nSPS) is 27.8. The summed E-state index contributed by atoms with van der Waals surface area (Å²) in [6, 6.07) is 7.25. The van der Waals surface area contributed by atoms with Gasteiger partial charge >= 0.3 is 0 Å². The monoisotopic (exact) mass is 219 g/mol. The van der Waals surface area contributed by atoms with Gasteiger partial charge in [-0.15, -0.1) is 0 Å². The molecule has 3 rings (SSSR count). The van der Waals surface area contributed by atoms with E-state index in [9.17, 15) is 9.90 Å². The van der Waals surface area contributed by atoms with Gasteiger partial charge in [-0.2, -0.15) is 0 Å². The fourth-order valence-electron chi connectivity index (χ4n) is 2.42. The van der Waals surface area contributed by atoms with Crippen molar-refractivity contribution in [1.29, 1.82) is 0 Å². The van der Waals surface area contributed by atoms with E-state index in [4.69, 9.17) is 4.74 Å². The van der Waals surface area contributed by atoms with E-state index in [0.29, 0.717) is 13.2 Å². The lowest BCUT2D eigenvalue weighted by molar-refractivity contribution is -0.144. The van der Waals surface area contributed by atoms with Crippen LogP contribution < -0.4 is 0 Å². The molecule has 0 radical (unpaired) electrons. The second kappa shape index (κ2) is 3.49. The van der Waals surface area contributed by atoms with Crippen LogP contribution in [0.4, 0.5) is 0 Å². The van der Waals surface area contributed by atoms with Crippen LogP contribution in [0.15, 0.2) is 24.3 Å². The molecule has 2 bridgehead atoms. The molecule has 2 unspecified atom stereocenters. The Hall–Kier alpha value is -1.55. The van der Waals surface area contributed by atoms with Gasteiger partial charge in [-0.25, -0.2) is 0 Å². The number of morpholine rings is 1. The van der Waals surface area contributed by atoms with Crippen molar-refractivity contribution >= 4 is 5.91 Å². The van der Waals surface area contributed by atoms with Crippen molar-refractivity contribution in [2.45, 2.75) is 25.1 Å². The SMILES string of the molecule is O=C1C2CC(CO2)N1Cc1cccc(O)c1. The lowest BCUT2D eigenvalue weighted by Crippen LogP contribution is -2.41. The van der Waals surface area contributed by atoms with E-state index < -0.39 is 0 Å². The molecule has 1 N–H and O–H groups in total. The highest BCUT2D eigenvalue weighted by atomic mass is 16.5. The van der Waals surface area contributed by atoms with E-state index in [1.165, 1.54) is 0 Å². The average molecular weight is 219 g/mol. The Balaban J connectivity index is 1.78. The molecular formula is C12H13NO3. The predicted molar refractivity (Wildman–Crippen MR) is 56.8 cm³/mol. The minimum absolute atomic E-state index is 0.0830. The summed E-state index contributed by atoms with van der Waals surface area (Å²) in [6.45, 7) is 1.22. The molecule has 0 spiro atoms. The third kappa shape index (κ3) is 1.46. The van der Waals surface area contributed by atoms with Crippen LogP contribution in [-0.4, -0.2) is 34.7 Å². The summed E-state index contributed by atoms with van der Waals surface area (Å²) in [5, 5.41) is 9.36. The minimum atomic E-state index is -0.220. The maximum atomic E-state index is 11.8. The largest absolute Gasteiger partial charge is 0.508 e. The third-order valence-electron chi connectivity index (χ3n) is 3.24. The van der Waals surface area contributed by atoms with Gasteiger partial charge in [-0.3, -0.25) is 4.79 Å². The number of nitrogens with zero attached hydrogens (tertiary/aromatic N) is 1. The molecule has 4 heteroatoms. The number of fused-ring (bicyclic) bond motifs is 2. The zero-order chi connectivity index (χ0) is 11.1. The van der Waals surface area contributed by atoms with E-state index in [1.54, 1.807) is 18.2 Å². The van der Waals surface area contributed by atoms with Crippen molar-refractivity contribution in [3.8, 4) is 5.75 Å². The number of phenolic OH excluding ortho intramolecular Hbond substituents is 1. The van der Waals surface area contributed by atoms with Gasteiger partial charge in [0.05, 0.1) is 12.6 Å². The van der Waals surface area contributed by atoms with Gasteiger partial charge in [-0.1, -0.05) is 12.1 Å². The summed E-state index contributed by atoms with van der Waals surface area (Å²) < 4.78 is 5.32. The number of phenols is 1. The molecule has 1 aromatic rings. The molecule has 4 nitrogen and oxygen atoms in total. The number of hydrogen-bond acceptors (Lipinski definition) is 3. The van der Waals surface area contributed by atoms with Gasteiger partial charge in [0.2, 0.25) is 0 Å². The number of amides is 1. The van der Waals surface area contributed by atoms with Gasteiger partial charge in [0, 0.05) is 13.0 Å². The summed E-state index contributed by atoms with van der Waals surface area (Å²) in [5.74, 6) is 0.324. The highest BCUT2D eigenvalue weighted by Gasteiger charge is 2.45. The first-order valence-corrected chi connectivity index (χ1v) is 5.44. The molecular weight excluding hydrogens is 206 g/mol. The molecule has 0 saturated carbocycles. The molecule has 1 aromatic carbocycles. The standard InChI is InChI=1S/C12H13NO3/c14-10-3-1-2-8(4-10)6-13-9-5-11(12(13)15)16-7-9/h1-4,9,11,14H,5-7H2. The molecule has 84 valence electrons. The molecule has 2 aliphatic heterocycles. The van der Waals surface area contributed by atoms with Crippen LogP contribution in [0.1, 0.15) is 12.0 Å². The Morgan fingerprint density at radius 2 is 2.38 bits per heavy atom. The minimum Gasteiger partial charge on any atom is -0.508 e. The number of benzene rings is 1. The molecule has 2 saturated heterocycles.